The Bertz CT molecular complexity index is 277. The van der Waals surface area contributed by atoms with Crippen LogP contribution < -0.4 is 0 Å². The monoisotopic (exact) mass is 397 g/mol. The van der Waals surface area contributed by atoms with Crippen molar-refractivity contribution < 1.29 is 4.74 Å². The highest BCUT2D eigenvalue weighted by Gasteiger charge is 2.32. The minimum atomic E-state index is -0.00840. The van der Waals surface area contributed by atoms with Gasteiger partial charge in [-0.25, -0.2) is 4.99 Å². The molecule has 0 aliphatic heterocycles. The third-order valence-corrected chi connectivity index (χ3v) is 3.69. The van der Waals surface area contributed by atoms with Gasteiger partial charge in [-0.3, -0.25) is 0 Å². The maximum absolute atomic E-state index is 6.19. The topological polar surface area (TPSA) is 28.1 Å². The highest BCUT2D eigenvalue weighted by atomic mass is 127. The fourth-order valence-electron chi connectivity index (χ4n) is 2.76. The van der Waals surface area contributed by atoms with Gasteiger partial charge in [0.1, 0.15) is 0 Å². The maximum Gasteiger partial charge on any atom is 0.195 e. The third-order valence-electron chi connectivity index (χ3n) is 3.69. The van der Waals surface area contributed by atoms with Crippen molar-refractivity contribution in [3.63, 3.8) is 0 Å². The van der Waals surface area contributed by atoms with Crippen molar-refractivity contribution in [1.29, 1.82) is 0 Å². The molecule has 0 aromatic rings. The molecule has 1 saturated carbocycles. The van der Waals surface area contributed by atoms with Crippen molar-refractivity contribution in [2.75, 3.05) is 41.3 Å². The van der Waals surface area contributed by atoms with Gasteiger partial charge in [0, 0.05) is 34.8 Å². The van der Waals surface area contributed by atoms with E-state index in [1.807, 2.05) is 28.2 Å². The molecule has 1 aliphatic rings. The van der Waals surface area contributed by atoms with Crippen LogP contribution in [0.1, 0.15) is 45.4 Å². The zero-order valence-corrected chi connectivity index (χ0v) is 16.1. The molecule has 1 rings (SSSR count). The van der Waals surface area contributed by atoms with Crippen molar-refractivity contribution in [3.05, 3.63) is 0 Å². The number of aliphatic imine (C=N–C) groups is 1. The van der Waals surface area contributed by atoms with E-state index in [9.17, 15) is 0 Å². The lowest BCUT2D eigenvalue weighted by molar-refractivity contribution is -0.0626. The van der Waals surface area contributed by atoms with Crippen molar-refractivity contribution in [2.24, 2.45) is 4.99 Å². The van der Waals surface area contributed by atoms with Gasteiger partial charge in [0.2, 0.25) is 0 Å². The second-order valence-corrected chi connectivity index (χ2v) is 6.00. The standard InChI is InChI=1S/C15H31N3O.HI/c1-6-12-19-15(10-8-7-9-11-15)13-16-14(17(2)3)18(4)5;/h6-13H2,1-5H3;1H. The van der Waals surface area contributed by atoms with Crippen LogP contribution >= 0.6 is 24.0 Å². The van der Waals surface area contributed by atoms with E-state index in [2.05, 4.69) is 16.7 Å². The summed E-state index contributed by atoms with van der Waals surface area (Å²) in [5.41, 5.74) is -0.00840. The Kier molecular flexibility index (Phi) is 9.80. The summed E-state index contributed by atoms with van der Waals surface area (Å²) in [6.07, 6.45) is 7.29. The van der Waals surface area contributed by atoms with E-state index in [1.54, 1.807) is 0 Å². The molecule has 1 fully saturated rings. The Labute approximate surface area is 142 Å². The van der Waals surface area contributed by atoms with E-state index >= 15 is 0 Å². The lowest BCUT2D eigenvalue weighted by Gasteiger charge is -2.36. The van der Waals surface area contributed by atoms with Crippen LogP contribution in [0.3, 0.4) is 0 Å². The predicted octanol–water partition coefficient (Wildman–Crippen LogP) is 3.21. The fourth-order valence-corrected chi connectivity index (χ4v) is 2.76. The molecule has 5 heteroatoms. The van der Waals surface area contributed by atoms with Crippen LogP contribution in [-0.2, 0) is 4.74 Å². The first-order valence-corrected chi connectivity index (χ1v) is 7.54. The lowest BCUT2D eigenvalue weighted by Crippen LogP contribution is -2.41. The van der Waals surface area contributed by atoms with Crippen LogP contribution in [0.4, 0.5) is 0 Å². The van der Waals surface area contributed by atoms with Crippen LogP contribution in [0.15, 0.2) is 4.99 Å². The van der Waals surface area contributed by atoms with Crippen LogP contribution in [0.5, 0.6) is 0 Å². The average Bonchev–Trinajstić information content (AvgIpc) is 2.37. The zero-order valence-electron chi connectivity index (χ0n) is 13.8. The van der Waals surface area contributed by atoms with E-state index in [-0.39, 0.29) is 29.6 Å². The van der Waals surface area contributed by atoms with Gasteiger partial charge in [-0.05, 0) is 19.3 Å². The second-order valence-electron chi connectivity index (χ2n) is 6.00. The molecule has 0 aromatic heterocycles. The van der Waals surface area contributed by atoms with Gasteiger partial charge >= 0.3 is 0 Å². The minimum Gasteiger partial charge on any atom is -0.373 e. The fraction of sp³-hybridized carbons (Fsp3) is 0.933. The molecular formula is C15H32IN3O. The van der Waals surface area contributed by atoms with Gasteiger partial charge in [0.05, 0.1) is 12.1 Å². The van der Waals surface area contributed by atoms with Crippen molar-refractivity contribution in [3.8, 4) is 0 Å². The summed E-state index contributed by atoms with van der Waals surface area (Å²) in [7, 11) is 8.16. The molecular weight excluding hydrogens is 365 g/mol. The Morgan fingerprint density at radius 3 is 2.05 bits per heavy atom. The summed E-state index contributed by atoms with van der Waals surface area (Å²) in [4.78, 5) is 8.95. The summed E-state index contributed by atoms with van der Waals surface area (Å²) in [6.45, 7) is 3.82. The molecule has 0 unspecified atom stereocenters. The van der Waals surface area contributed by atoms with E-state index in [0.717, 1.165) is 38.4 Å². The number of hydrogen-bond acceptors (Lipinski definition) is 2. The van der Waals surface area contributed by atoms with Crippen molar-refractivity contribution in [2.45, 2.75) is 51.0 Å². The Hall–Kier alpha value is -0.0400. The summed E-state index contributed by atoms with van der Waals surface area (Å²) >= 11 is 0. The molecule has 0 amide bonds. The quantitative estimate of drug-likeness (QED) is 0.405. The molecule has 120 valence electrons. The molecule has 0 heterocycles. The van der Waals surface area contributed by atoms with Crippen molar-refractivity contribution >= 4 is 29.9 Å². The number of ether oxygens (including phenoxy) is 1. The highest BCUT2D eigenvalue weighted by molar-refractivity contribution is 14.0. The van der Waals surface area contributed by atoms with Crippen LogP contribution in [0.25, 0.3) is 0 Å². The molecule has 0 aromatic carbocycles. The lowest BCUT2D eigenvalue weighted by atomic mass is 9.84. The van der Waals surface area contributed by atoms with E-state index in [1.165, 1.54) is 19.3 Å². The molecule has 1 aliphatic carbocycles. The zero-order chi connectivity index (χ0) is 14.3. The normalized spacial score (nSPS) is 17.1. The molecule has 0 bridgehead atoms. The summed E-state index contributed by atoms with van der Waals surface area (Å²) < 4.78 is 6.19. The van der Waals surface area contributed by atoms with Gasteiger partial charge in [0.25, 0.3) is 0 Å². The molecule has 4 nitrogen and oxygen atoms in total. The van der Waals surface area contributed by atoms with E-state index in [4.69, 9.17) is 9.73 Å². The minimum absolute atomic E-state index is 0. The second kappa shape index (κ2) is 9.82. The number of rotatable bonds is 5. The van der Waals surface area contributed by atoms with Gasteiger partial charge < -0.3 is 14.5 Å². The highest BCUT2D eigenvalue weighted by Crippen LogP contribution is 2.32. The molecule has 0 N–H and O–H groups in total. The number of nitrogens with zero attached hydrogens (tertiary/aromatic N) is 3. The third kappa shape index (κ3) is 6.16. The Balaban J connectivity index is 0.00000361. The van der Waals surface area contributed by atoms with Crippen LogP contribution in [-0.4, -0.2) is 62.7 Å². The van der Waals surface area contributed by atoms with Crippen LogP contribution in [0.2, 0.25) is 0 Å². The maximum atomic E-state index is 6.19. The number of halogens is 1. The Morgan fingerprint density at radius 1 is 1.05 bits per heavy atom. The average molecular weight is 397 g/mol. The van der Waals surface area contributed by atoms with Crippen LogP contribution in [0, 0.1) is 0 Å². The first kappa shape index (κ1) is 20.0. The van der Waals surface area contributed by atoms with E-state index < -0.39 is 0 Å². The number of guanidine groups is 1. The number of hydrogen-bond donors (Lipinski definition) is 0. The first-order chi connectivity index (χ1) is 9.01. The van der Waals surface area contributed by atoms with E-state index in [0.29, 0.717) is 0 Å². The van der Waals surface area contributed by atoms with Gasteiger partial charge in [0.15, 0.2) is 5.96 Å². The largest absolute Gasteiger partial charge is 0.373 e. The van der Waals surface area contributed by atoms with Crippen molar-refractivity contribution in [1.82, 2.24) is 9.80 Å². The predicted molar refractivity (Wildman–Crippen MR) is 97.2 cm³/mol. The summed E-state index contributed by atoms with van der Waals surface area (Å²) in [6, 6.07) is 0. The smallest absolute Gasteiger partial charge is 0.195 e. The summed E-state index contributed by atoms with van der Waals surface area (Å²) in [5.74, 6) is 1.02. The molecule has 20 heavy (non-hydrogen) atoms. The van der Waals surface area contributed by atoms with Gasteiger partial charge in [-0.15, -0.1) is 24.0 Å². The SMILES string of the molecule is CCCOC1(CN=C(N(C)C)N(C)C)CCCCC1.I. The summed E-state index contributed by atoms with van der Waals surface area (Å²) in [5, 5.41) is 0. The molecule has 0 radical (unpaired) electrons. The first-order valence-electron chi connectivity index (χ1n) is 7.54. The Morgan fingerprint density at radius 2 is 1.60 bits per heavy atom. The van der Waals surface area contributed by atoms with Gasteiger partial charge in [-0.1, -0.05) is 26.2 Å². The molecule has 0 spiro atoms. The molecule has 0 saturated heterocycles. The van der Waals surface area contributed by atoms with Gasteiger partial charge in [-0.2, -0.15) is 0 Å². The molecule has 0 atom stereocenters.